The fourth-order valence-electron chi connectivity index (χ4n) is 2.64. The Labute approximate surface area is 189 Å². The Hall–Kier alpha value is -3.64. The highest BCUT2D eigenvalue weighted by molar-refractivity contribution is 7.90. The number of halogens is 4. The van der Waals surface area contributed by atoms with E-state index in [0.717, 1.165) is 24.3 Å². The molecule has 13 heteroatoms. The van der Waals surface area contributed by atoms with Gasteiger partial charge in [0.1, 0.15) is 17.1 Å². The summed E-state index contributed by atoms with van der Waals surface area (Å²) in [6.45, 7) is 0. The third kappa shape index (κ3) is 5.59. The molecule has 3 aromatic carbocycles. The van der Waals surface area contributed by atoms with Gasteiger partial charge in [0.25, 0.3) is 21.6 Å². The SMILES string of the molecule is O=C(NS(=O)(=O)c1ccccc1)c1cc(Oc2ccc(C(F)(F)F)cc2Cl)ccc1[N+](=O)[O-]. The smallest absolute Gasteiger partial charge is 0.416 e. The lowest BCUT2D eigenvalue weighted by atomic mass is 10.1. The molecule has 0 radical (unpaired) electrons. The Morgan fingerprint density at radius 3 is 2.27 bits per heavy atom. The second-order valence-electron chi connectivity index (χ2n) is 6.43. The van der Waals surface area contributed by atoms with E-state index < -0.39 is 48.9 Å². The van der Waals surface area contributed by atoms with Crippen LogP contribution in [0.15, 0.2) is 71.6 Å². The number of ether oxygens (including phenoxy) is 1. The first-order chi connectivity index (χ1) is 15.4. The molecule has 0 aliphatic rings. The molecule has 0 aliphatic heterocycles. The van der Waals surface area contributed by atoms with Crippen molar-refractivity contribution in [1.82, 2.24) is 4.72 Å². The molecule has 0 saturated carbocycles. The topological polar surface area (TPSA) is 116 Å². The van der Waals surface area contributed by atoms with Crippen molar-refractivity contribution < 1.29 is 36.0 Å². The van der Waals surface area contributed by atoms with E-state index in [4.69, 9.17) is 16.3 Å². The first-order valence-electron chi connectivity index (χ1n) is 8.84. The van der Waals surface area contributed by atoms with Gasteiger partial charge in [-0.3, -0.25) is 14.9 Å². The van der Waals surface area contributed by atoms with E-state index in [1.807, 2.05) is 0 Å². The van der Waals surface area contributed by atoms with Crippen LogP contribution in [-0.4, -0.2) is 19.2 Å². The zero-order chi connectivity index (χ0) is 24.4. The van der Waals surface area contributed by atoms with Gasteiger partial charge < -0.3 is 4.74 Å². The number of nitro groups is 1. The summed E-state index contributed by atoms with van der Waals surface area (Å²) in [6.07, 6.45) is -4.63. The van der Waals surface area contributed by atoms with Crippen LogP contribution in [-0.2, 0) is 16.2 Å². The number of hydrogen-bond acceptors (Lipinski definition) is 6. The van der Waals surface area contributed by atoms with Crippen molar-refractivity contribution in [2.75, 3.05) is 0 Å². The van der Waals surface area contributed by atoms with Crippen LogP contribution in [0.2, 0.25) is 5.02 Å². The number of rotatable bonds is 6. The van der Waals surface area contributed by atoms with Crippen LogP contribution < -0.4 is 9.46 Å². The molecular formula is C20H12ClF3N2O6S. The van der Waals surface area contributed by atoms with E-state index >= 15 is 0 Å². The van der Waals surface area contributed by atoms with Crippen molar-refractivity contribution in [3.05, 3.63) is 93.0 Å². The molecular weight excluding hydrogens is 489 g/mol. The molecule has 8 nitrogen and oxygen atoms in total. The highest BCUT2D eigenvalue weighted by Crippen LogP contribution is 2.37. The number of carbonyl (C=O) groups excluding carboxylic acids is 1. The summed E-state index contributed by atoms with van der Waals surface area (Å²) in [5.74, 6) is -1.74. The Kier molecular flexibility index (Phi) is 6.60. The van der Waals surface area contributed by atoms with Crippen LogP contribution in [0.5, 0.6) is 11.5 Å². The molecule has 1 N–H and O–H groups in total. The zero-order valence-electron chi connectivity index (χ0n) is 16.2. The molecule has 0 aromatic heterocycles. The molecule has 0 atom stereocenters. The first-order valence-corrected chi connectivity index (χ1v) is 10.7. The minimum Gasteiger partial charge on any atom is -0.456 e. The molecule has 3 aromatic rings. The van der Waals surface area contributed by atoms with E-state index in [1.54, 1.807) is 10.8 Å². The molecule has 0 unspecified atom stereocenters. The Morgan fingerprint density at radius 1 is 1.03 bits per heavy atom. The Bertz CT molecular complexity index is 1330. The summed E-state index contributed by atoms with van der Waals surface area (Å²) < 4.78 is 70.2. The van der Waals surface area contributed by atoms with Gasteiger partial charge in [-0.05, 0) is 36.4 Å². The maximum Gasteiger partial charge on any atom is 0.416 e. The first kappa shape index (κ1) is 24.0. The average Bonchev–Trinajstić information content (AvgIpc) is 2.74. The normalized spacial score (nSPS) is 11.6. The van der Waals surface area contributed by atoms with Gasteiger partial charge in [-0.1, -0.05) is 29.8 Å². The molecule has 1 amide bonds. The maximum absolute atomic E-state index is 12.8. The van der Waals surface area contributed by atoms with Crippen LogP contribution in [0.25, 0.3) is 0 Å². The lowest BCUT2D eigenvalue weighted by Crippen LogP contribution is -2.31. The third-order valence-corrected chi connectivity index (χ3v) is 5.82. The number of benzene rings is 3. The van der Waals surface area contributed by atoms with Crippen molar-refractivity contribution in [2.24, 2.45) is 0 Å². The fraction of sp³-hybridized carbons (Fsp3) is 0.0500. The number of carbonyl (C=O) groups is 1. The van der Waals surface area contributed by atoms with Crippen molar-refractivity contribution >= 4 is 33.2 Å². The number of sulfonamides is 1. The Morgan fingerprint density at radius 2 is 1.70 bits per heavy atom. The van der Waals surface area contributed by atoms with Gasteiger partial charge in [0, 0.05) is 12.1 Å². The van der Waals surface area contributed by atoms with Crippen LogP contribution in [0.4, 0.5) is 18.9 Å². The van der Waals surface area contributed by atoms with E-state index in [2.05, 4.69) is 0 Å². The predicted octanol–water partition coefficient (Wildman–Crippen LogP) is 5.18. The molecule has 0 bridgehead atoms. The molecule has 0 saturated heterocycles. The largest absolute Gasteiger partial charge is 0.456 e. The maximum atomic E-state index is 12.8. The van der Waals surface area contributed by atoms with Crippen LogP contribution >= 0.6 is 11.6 Å². The lowest BCUT2D eigenvalue weighted by molar-refractivity contribution is -0.385. The lowest BCUT2D eigenvalue weighted by Gasteiger charge is -2.12. The van der Waals surface area contributed by atoms with Gasteiger partial charge in [-0.15, -0.1) is 0 Å². The molecule has 0 fully saturated rings. The summed E-state index contributed by atoms with van der Waals surface area (Å²) in [6, 6.07) is 12.0. The van der Waals surface area contributed by atoms with Gasteiger partial charge in [-0.25, -0.2) is 13.1 Å². The van der Waals surface area contributed by atoms with Gasteiger partial charge in [0.2, 0.25) is 0 Å². The van der Waals surface area contributed by atoms with E-state index in [0.29, 0.717) is 12.1 Å². The van der Waals surface area contributed by atoms with Gasteiger partial charge in [0.05, 0.1) is 20.4 Å². The summed E-state index contributed by atoms with van der Waals surface area (Å²) in [5.41, 5.74) is -2.39. The van der Waals surface area contributed by atoms with Crippen molar-refractivity contribution in [2.45, 2.75) is 11.1 Å². The predicted molar refractivity (Wildman–Crippen MR) is 111 cm³/mol. The van der Waals surface area contributed by atoms with Gasteiger partial charge in [-0.2, -0.15) is 13.2 Å². The summed E-state index contributed by atoms with van der Waals surface area (Å²) >= 11 is 5.83. The van der Waals surface area contributed by atoms with Gasteiger partial charge >= 0.3 is 6.18 Å². The number of alkyl halides is 3. The minimum absolute atomic E-state index is 0.204. The number of nitrogens with zero attached hydrogens (tertiary/aromatic N) is 1. The van der Waals surface area contributed by atoms with E-state index in [9.17, 15) is 36.5 Å². The standard InChI is InChI=1S/C20H12ClF3N2O6S/c21-16-10-12(20(22,23)24)6-9-18(16)32-13-7-8-17(26(28)29)15(11-13)19(27)25-33(30,31)14-4-2-1-3-5-14/h1-11H,(H,25,27). The van der Waals surface area contributed by atoms with Crippen LogP contribution in [0.3, 0.4) is 0 Å². The Balaban J connectivity index is 1.93. The number of nitrogens with one attached hydrogen (secondary N) is 1. The van der Waals surface area contributed by atoms with Crippen LogP contribution in [0.1, 0.15) is 15.9 Å². The second-order valence-corrected chi connectivity index (χ2v) is 8.52. The van der Waals surface area contributed by atoms with Crippen molar-refractivity contribution in [3.8, 4) is 11.5 Å². The summed E-state index contributed by atoms with van der Waals surface area (Å²) in [4.78, 5) is 22.8. The van der Waals surface area contributed by atoms with Crippen LogP contribution in [0, 0.1) is 10.1 Å². The number of nitro benzene ring substituents is 1. The number of hydrogen-bond donors (Lipinski definition) is 1. The quantitative estimate of drug-likeness (QED) is 0.368. The molecule has 0 heterocycles. The summed E-state index contributed by atoms with van der Waals surface area (Å²) in [5, 5.41) is 10.9. The highest BCUT2D eigenvalue weighted by Gasteiger charge is 2.31. The van der Waals surface area contributed by atoms with Gasteiger partial charge in [0.15, 0.2) is 0 Å². The fourth-order valence-corrected chi connectivity index (χ4v) is 3.85. The van der Waals surface area contributed by atoms with Crippen molar-refractivity contribution in [1.29, 1.82) is 0 Å². The molecule has 172 valence electrons. The third-order valence-electron chi connectivity index (χ3n) is 4.18. The molecule has 0 spiro atoms. The van der Waals surface area contributed by atoms with Crippen molar-refractivity contribution in [3.63, 3.8) is 0 Å². The molecule has 0 aliphatic carbocycles. The zero-order valence-corrected chi connectivity index (χ0v) is 17.7. The molecule has 33 heavy (non-hydrogen) atoms. The molecule has 3 rings (SSSR count). The second kappa shape index (κ2) is 9.08. The average molecular weight is 501 g/mol. The minimum atomic E-state index is -4.63. The highest BCUT2D eigenvalue weighted by atomic mass is 35.5. The summed E-state index contributed by atoms with van der Waals surface area (Å²) in [7, 11) is -4.34. The number of amides is 1. The van der Waals surface area contributed by atoms with E-state index in [1.165, 1.54) is 24.3 Å². The monoisotopic (exact) mass is 500 g/mol. The van der Waals surface area contributed by atoms with E-state index in [-0.39, 0.29) is 16.4 Å².